The molecule has 19 heavy (non-hydrogen) atoms. The van der Waals surface area contributed by atoms with E-state index in [1.54, 1.807) is 6.92 Å². The maximum Gasteiger partial charge on any atom is 0.341 e. The summed E-state index contributed by atoms with van der Waals surface area (Å²) in [5, 5.41) is 5.26. The zero-order chi connectivity index (χ0) is 14.0. The number of nitrogens with two attached hydrogens (primary N) is 1. The molecule has 0 fully saturated rings. The van der Waals surface area contributed by atoms with Crippen molar-refractivity contribution in [2.45, 2.75) is 32.6 Å². The van der Waals surface area contributed by atoms with E-state index >= 15 is 0 Å². The van der Waals surface area contributed by atoms with Crippen molar-refractivity contribution in [2.75, 3.05) is 11.3 Å². The Kier molecular flexibility index (Phi) is 4.12. The highest BCUT2D eigenvalue weighted by molar-refractivity contribution is 7.90. The molecule has 0 spiro atoms. The molecule has 106 valence electrons. The summed E-state index contributed by atoms with van der Waals surface area (Å²) < 4.78 is 29.5. The van der Waals surface area contributed by atoms with Crippen molar-refractivity contribution in [1.29, 1.82) is 0 Å². The van der Waals surface area contributed by atoms with Crippen molar-refractivity contribution in [3.8, 4) is 0 Å². The van der Waals surface area contributed by atoms with Gasteiger partial charge in [-0.15, -0.1) is 11.3 Å². The Balaban J connectivity index is 2.46. The Labute approximate surface area is 116 Å². The molecule has 0 radical (unpaired) electrons. The predicted octanol–water partition coefficient (Wildman–Crippen LogP) is 1.42. The van der Waals surface area contributed by atoms with Crippen LogP contribution in [0.3, 0.4) is 0 Å². The number of hydrogen-bond donors (Lipinski definition) is 2. The zero-order valence-corrected chi connectivity index (χ0v) is 12.2. The van der Waals surface area contributed by atoms with E-state index in [0.29, 0.717) is 5.56 Å². The summed E-state index contributed by atoms with van der Waals surface area (Å²) in [5.74, 6) is -0.493. The first kappa shape index (κ1) is 14.3. The van der Waals surface area contributed by atoms with E-state index < -0.39 is 16.2 Å². The van der Waals surface area contributed by atoms with Gasteiger partial charge < -0.3 is 4.74 Å². The second-order valence-electron chi connectivity index (χ2n) is 4.28. The van der Waals surface area contributed by atoms with E-state index in [-0.39, 0.29) is 11.6 Å². The summed E-state index contributed by atoms with van der Waals surface area (Å²) in [4.78, 5) is 13.0. The molecule has 6 nitrogen and oxygen atoms in total. The lowest BCUT2D eigenvalue weighted by Crippen LogP contribution is -2.22. The third kappa shape index (κ3) is 3.26. The average molecular weight is 304 g/mol. The van der Waals surface area contributed by atoms with Crippen molar-refractivity contribution >= 4 is 32.5 Å². The third-order valence-corrected chi connectivity index (χ3v) is 4.71. The van der Waals surface area contributed by atoms with E-state index in [4.69, 9.17) is 9.88 Å². The normalized spacial score (nSPS) is 14.8. The minimum Gasteiger partial charge on any atom is -0.462 e. The lowest BCUT2D eigenvalue weighted by Gasteiger charge is -2.12. The Morgan fingerprint density at radius 3 is 2.74 bits per heavy atom. The van der Waals surface area contributed by atoms with Crippen LogP contribution in [0.4, 0.5) is 5.00 Å². The van der Waals surface area contributed by atoms with Crippen LogP contribution in [0, 0.1) is 0 Å². The van der Waals surface area contributed by atoms with Crippen LogP contribution in [0.15, 0.2) is 0 Å². The molecule has 1 aliphatic rings. The third-order valence-electron chi connectivity index (χ3n) is 2.89. The van der Waals surface area contributed by atoms with Crippen LogP contribution < -0.4 is 9.86 Å². The van der Waals surface area contributed by atoms with E-state index in [0.717, 1.165) is 36.1 Å². The van der Waals surface area contributed by atoms with Gasteiger partial charge in [0.2, 0.25) is 0 Å². The van der Waals surface area contributed by atoms with E-state index in [1.165, 1.54) is 11.3 Å². The molecule has 1 aliphatic carbocycles. The second-order valence-corrected chi connectivity index (χ2v) is 6.68. The van der Waals surface area contributed by atoms with Crippen molar-refractivity contribution in [3.63, 3.8) is 0 Å². The molecule has 8 heteroatoms. The van der Waals surface area contributed by atoms with E-state index in [9.17, 15) is 13.2 Å². The number of ether oxygens (including phenoxy) is 1. The van der Waals surface area contributed by atoms with Gasteiger partial charge >= 0.3 is 5.97 Å². The lowest BCUT2D eigenvalue weighted by atomic mass is 9.95. The molecule has 0 saturated carbocycles. The topological polar surface area (TPSA) is 98.5 Å². The summed E-state index contributed by atoms with van der Waals surface area (Å²) in [6.45, 7) is 1.96. The number of nitrogens with one attached hydrogen (secondary N) is 1. The van der Waals surface area contributed by atoms with Crippen LogP contribution in [0.1, 0.15) is 40.6 Å². The van der Waals surface area contributed by atoms with Gasteiger partial charge in [0.25, 0.3) is 10.2 Å². The largest absolute Gasteiger partial charge is 0.462 e. The molecule has 2 rings (SSSR count). The van der Waals surface area contributed by atoms with Gasteiger partial charge in [-0.3, -0.25) is 4.72 Å². The van der Waals surface area contributed by atoms with Gasteiger partial charge in [0.1, 0.15) is 5.00 Å². The number of thiophene rings is 1. The Hall–Kier alpha value is -1.12. The fraction of sp³-hybridized carbons (Fsp3) is 0.545. The number of aryl methyl sites for hydroxylation is 1. The molecule has 0 atom stereocenters. The first-order valence-electron chi connectivity index (χ1n) is 6.04. The SMILES string of the molecule is CCOC(=O)c1c(NS(N)(=O)=O)sc2c1CCCC2. The van der Waals surface area contributed by atoms with Crippen LogP contribution in [0.5, 0.6) is 0 Å². The maximum absolute atomic E-state index is 12.0. The zero-order valence-electron chi connectivity index (χ0n) is 10.6. The molecule has 0 aromatic carbocycles. The monoisotopic (exact) mass is 304 g/mol. The molecular formula is C11H16N2O4S2. The average Bonchev–Trinajstić information content (AvgIpc) is 2.64. The van der Waals surface area contributed by atoms with Crippen molar-refractivity contribution < 1.29 is 17.9 Å². The predicted molar refractivity (Wildman–Crippen MR) is 73.6 cm³/mol. The fourth-order valence-corrected chi connectivity index (χ4v) is 4.19. The molecule has 0 unspecified atom stereocenters. The molecular weight excluding hydrogens is 288 g/mol. The number of carbonyl (C=O) groups is 1. The van der Waals surface area contributed by atoms with E-state index in [1.807, 2.05) is 0 Å². The van der Waals surface area contributed by atoms with Gasteiger partial charge in [0.15, 0.2) is 0 Å². The highest BCUT2D eigenvalue weighted by Gasteiger charge is 2.27. The highest BCUT2D eigenvalue weighted by Crippen LogP contribution is 2.38. The molecule has 1 heterocycles. The van der Waals surface area contributed by atoms with E-state index in [2.05, 4.69) is 4.72 Å². The molecule has 0 saturated heterocycles. The first-order valence-corrected chi connectivity index (χ1v) is 8.41. The summed E-state index contributed by atoms with van der Waals surface area (Å²) in [6, 6.07) is 0. The van der Waals surface area contributed by atoms with Crippen LogP contribution in [0.2, 0.25) is 0 Å². The number of rotatable bonds is 4. The highest BCUT2D eigenvalue weighted by atomic mass is 32.2. The van der Waals surface area contributed by atoms with Crippen molar-refractivity contribution in [2.24, 2.45) is 5.14 Å². The number of hydrogen-bond acceptors (Lipinski definition) is 5. The minimum atomic E-state index is -3.89. The van der Waals surface area contributed by atoms with Gasteiger partial charge in [-0.05, 0) is 38.2 Å². The van der Waals surface area contributed by atoms with Gasteiger partial charge in [0.05, 0.1) is 12.2 Å². The smallest absolute Gasteiger partial charge is 0.341 e. The quantitative estimate of drug-likeness (QED) is 0.822. The molecule has 1 aromatic rings. The minimum absolute atomic E-state index is 0.248. The lowest BCUT2D eigenvalue weighted by molar-refractivity contribution is 0.0526. The van der Waals surface area contributed by atoms with Crippen LogP contribution in [0.25, 0.3) is 0 Å². The van der Waals surface area contributed by atoms with Crippen molar-refractivity contribution in [1.82, 2.24) is 0 Å². The molecule has 0 bridgehead atoms. The molecule has 0 aliphatic heterocycles. The van der Waals surface area contributed by atoms with Crippen LogP contribution in [-0.4, -0.2) is 21.0 Å². The second kappa shape index (κ2) is 5.48. The fourth-order valence-electron chi connectivity index (χ4n) is 2.19. The Morgan fingerprint density at radius 2 is 2.11 bits per heavy atom. The van der Waals surface area contributed by atoms with Gasteiger partial charge in [-0.25, -0.2) is 9.93 Å². The first-order chi connectivity index (χ1) is 8.92. The van der Waals surface area contributed by atoms with Gasteiger partial charge in [-0.2, -0.15) is 8.42 Å². The standard InChI is InChI=1S/C11H16N2O4S2/c1-2-17-11(14)9-7-5-3-4-6-8(7)18-10(9)13-19(12,15)16/h13H,2-6H2,1H3,(H2,12,15,16). The van der Waals surface area contributed by atoms with Crippen LogP contribution in [-0.2, 0) is 27.8 Å². The molecule has 3 N–H and O–H groups in total. The summed E-state index contributed by atoms with van der Waals surface area (Å²) >= 11 is 1.27. The number of esters is 1. The van der Waals surface area contributed by atoms with Gasteiger partial charge in [-0.1, -0.05) is 0 Å². The summed E-state index contributed by atoms with van der Waals surface area (Å²) in [6.07, 6.45) is 3.67. The summed E-state index contributed by atoms with van der Waals surface area (Å²) in [7, 11) is -3.89. The summed E-state index contributed by atoms with van der Waals surface area (Å²) in [5.41, 5.74) is 1.23. The maximum atomic E-state index is 12.0. The van der Waals surface area contributed by atoms with Crippen LogP contribution >= 0.6 is 11.3 Å². The number of anilines is 1. The Morgan fingerprint density at radius 1 is 1.42 bits per heavy atom. The Bertz CT molecular complexity index is 592. The van der Waals surface area contributed by atoms with Gasteiger partial charge in [0, 0.05) is 4.88 Å². The molecule has 0 amide bonds. The number of fused-ring (bicyclic) bond motifs is 1. The molecule has 1 aromatic heterocycles. The van der Waals surface area contributed by atoms with Crippen molar-refractivity contribution in [3.05, 3.63) is 16.0 Å². The number of carbonyl (C=O) groups excluding carboxylic acids is 1.